The van der Waals surface area contributed by atoms with Gasteiger partial charge in [-0.25, -0.2) is 0 Å². The maximum Gasteiger partial charge on any atom is 0.289 e. The Morgan fingerprint density at radius 1 is 1.37 bits per heavy atom. The molecule has 1 aromatic heterocycles. The quantitative estimate of drug-likeness (QED) is 0.844. The lowest BCUT2D eigenvalue weighted by molar-refractivity contribution is 0.0407. The molecule has 2 saturated heterocycles. The Kier molecular flexibility index (Phi) is 3.35. The van der Waals surface area contributed by atoms with Crippen molar-refractivity contribution in [3.05, 3.63) is 23.7 Å². The molecule has 0 bridgehead atoms. The monoisotopic (exact) mass is 262 g/mol. The van der Waals surface area contributed by atoms with Crippen LogP contribution < -0.4 is 5.32 Å². The van der Waals surface area contributed by atoms with Crippen LogP contribution in [-0.4, -0.2) is 37.0 Å². The van der Waals surface area contributed by atoms with Crippen molar-refractivity contribution in [3.63, 3.8) is 0 Å². The summed E-state index contributed by atoms with van der Waals surface area (Å²) in [6, 6.07) is 3.65. The third-order valence-corrected chi connectivity index (χ3v) is 4.46. The SMILES string of the molecule is Cc1ccc(C(=O)N2CCCC3(CCCNC3)C2)o1. The van der Waals surface area contributed by atoms with Crippen molar-refractivity contribution in [1.82, 2.24) is 10.2 Å². The average Bonchev–Trinajstić information content (AvgIpc) is 2.85. The van der Waals surface area contributed by atoms with Crippen LogP contribution >= 0.6 is 0 Å². The summed E-state index contributed by atoms with van der Waals surface area (Å²) in [7, 11) is 0. The maximum absolute atomic E-state index is 12.5. The number of hydrogen-bond donors (Lipinski definition) is 1. The summed E-state index contributed by atoms with van der Waals surface area (Å²) in [6.45, 7) is 5.78. The van der Waals surface area contributed by atoms with E-state index >= 15 is 0 Å². The van der Waals surface area contributed by atoms with E-state index in [1.807, 2.05) is 17.9 Å². The highest BCUT2D eigenvalue weighted by atomic mass is 16.3. The smallest absolute Gasteiger partial charge is 0.289 e. The lowest BCUT2D eigenvalue weighted by Gasteiger charge is -2.45. The van der Waals surface area contributed by atoms with Gasteiger partial charge in [-0.15, -0.1) is 0 Å². The van der Waals surface area contributed by atoms with Crippen molar-refractivity contribution >= 4 is 5.91 Å². The molecule has 1 aromatic rings. The van der Waals surface area contributed by atoms with Crippen LogP contribution in [-0.2, 0) is 0 Å². The van der Waals surface area contributed by atoms with Crippen LogP contribution in [0.4, 0.5) is 0 Å². The van der Waals surface area contributed by atoms with E-state index in [-0.39, 0.29) is 5.91 Å². The van der Waals surface area contributed by atoms with Crippen molar-refractivity contribution in [2.45, 2.75) is 32.6 Å². The molecule has 1 N–H and O–H groups in total. The average molecular weight is 262 g/mol. The summed E-state index contributed by atoms with van der Waals surface area (Å²) in [5.41, 5.74) is 0.299. The Morgan fingerprint density at radius 3 is 2.89 bits per heavy atom. The molecule has 2 aliphatic rings. The molecule has 0 aromatic carbocycles. The number of carbonyl (C=O) groups is 1. The van der Waals surface area contributed by atoms with E-state index in [0.717, 1.165) is 38.4 Å². The van der Waals surface area contributed by atoms with Crippen molar-refractivity contribution in [2.75, 3.05) is 26.2 Å². The molecule has 19 heavy (non-hydrogen) atoms. The molecule has 3 rings (SSSR count). The van der Waals surface area contributed by atoms with Gasteiger partial charge in [0.2, 0.25) is 0 Å². The Morgan fingerprint density at radius 2 is 2.21 bits per heavy atom. The summed E-state index contributed by atoms with van der Waals surface area (Å²) >= 11 is 0. The minimum atomic E-state index is 0.0535. The first-order valence-corrected chi connectivity index (χ1v) is 7.25. The van der Waals surface area contributed by atoms with Crippen LogP contribution in [0.25, 0.3) is 0 Å². The molecule has 1 spiro atoms. The number of piperidine rings is 2. The molecular weight excluding hydrogens is 240 g/mol. The van der Waals surface area contributed by atoms with E-state index in [9.17, 15) is 4.79 Å². The predicted molar refractivity (Wildman–Crippen MR) is 73.1 cm³/mol. The van der Waals surface area contributed by atoms with Crippen LogP contribution in [0.15, 0.2) is 16.5 Å². The molecule has 104 valence electrons. The third kappa shape index (κ3) is 2.54. The summed E-state index contributed by atoms with van der Waals surface area (Å²) < 4.78 is 5.47. The fourth-order valence-corrected chi connectivity index (χ4v) is 3.47. The second-order valence-electron chi connectivity index (χ2n) is 6.02. The van der Waals surface area contributed by atoms with Gasteiger partial charge in [0.15, 0.2) is 5.76 Å². The lowest BCUT2D eigenvalue weighted by atomic mass is 9.74. The second kappa shape index (κ2) is 5.00. The van der Waals surface area contributed by atoms with Crippen LogP contribution in [0.2, 0.25) is 0 Å². The first-order chi connectivity index (χ1) is 9.19. The highest BCUT2D eigenvalue weighted by Gasteiger charge is 2.38. The van der Waals surface area contributed by atoms with Gasteiger partial charge in [0.05, 0.1) is 0 Å². The van der Waals surface area contributed by atoms with Gasteiger partial charge in [-0.3, -0.25) is 4.79 Å². The minimum absolute atomic E-state index is 0.0535. The van der Waals surface area contributed by atoms with Crippen LogP contribution in [0.1, 0.15) is 42.0 Å². The van der Waals surface area contributed by atoms with Gasteiger partial charge in [-0.1, -0.05) is 0 Å². The number of rotatable bonds is 1. The van der Waals surface area contributed by atoms with Gasteiger partial charge in [0.25, 0.3) is 5.91 Å². The third-order valence-electron chi connectivity index (χ3n) is 4.46. The highest BCUT2D eigenvalue weighted by molar-refractivity contribution is 5.91. The van der Waals surface area contributed by atoms with E-state index in [2.05, 4.69) is 5.32 Å². The van der Waals surface area contributed by atoms with Crippen LogP contribution in [0.5, 0.6) is 0 Å². The fraction of sp³-hybridized carbons (Fsp3) is 0.667. The first-order valence-electron chi connectivity index (χ1n) is 7.25. The van der Waals surface area contributed by atoms with Gasteiger partial charge in [0.1, 0.15) is 5.76 Å². The number of aryl methyl sites for hydroxylation is 1. The van der Waals surface area contributed by atoms with Crippen molar-refractivity contribution < 1.29 is 9.21 Å². The van der Waals surface area contributed by atoms with Gasteiger partial charge in [-0.2, -0.15) is 0 Å². The van der Waals surface area contributed by atoms with E-state index in [4.69, 9.17) is 4.42 Å². The molecule has 3 heterocycles. The van der Waals surface area contributed by atoms with E-state index in [1.54, 1.807) is 6.07 Å². The number of hydrogen-bond acceptors (Lipinski definition) is 3. The molecule has 0 radical (unpaired) electrons. The van der Waals surface area contributed by atoms with Gasteiger partial charge in [-0.05, 0) is 51.3 Å². The van der Waals surface area contributed by atoms with Crippen LogP contribution in [0.3, 0.4) is 0 Å². The molecule has 4 nitrogen and oxygen atoms in total. The minimum Gasteiger partial charge on any atom is -0.456 e. The highest BCUT2D eigenvalue weighted by Crippen LogP contribution is 2.36. The largest absolute Gasteiger partial charge is 0.456 e. The first kappa shape index (κ1) is 12.7. The van der Waals surface area contributed by atoms with Gasteiger partial charge in [0, 0.05) is 25.0 Å². The molecular formula is C15H22N2O2. The molecule has 0 saturated carbocycles. The Bertz CT molecular complexity index is 455. The number of carbonyl (C=O) groups excluding carboxylic acids is 1. The summed E-state index contributed by atoms with van der Waals surface area (Å²) in [6.07, 6.45) is 4.80. The zero-order valence-corrected chi connectivity index (χ0v) is 11.6. The molecule has 4 heteroatoms. The number of nitrogens with one attached hydrogen (secondary N) is 1. The number of amides is 1. The van der Waals surface area contributed by atoms with Gasteiger partial charge < -0.3 is 14.6 Å². The zero-order valence-electron chi connectivity index (χ0n) is 11.6. The van der Waals surface area contributed by atoms with Crippen molar-refractivity contribution in [1.29, 1.82) is 0 Å². The normalized spacial score (nSPS) is 27.7. The second-order valence-corrected chi connectivity index (χ2v) is 6.02. The van der Waals surface area contributed by atoms with Crippen molar-refractivity contribution in [3.8, 4) is 0 Å². The van der Waals surface area contributed by atoms with Gasteiger partial charge >= 0.3 is 0 Å². The zero-order chi connectivity index (χ0) is 13.3. The molecule has 1 unspecified atom stereocenters. The number of nitrogens with zero attached hydrogens (tertiary/aromatic N) is 1. The van der Waals surface area contributed by atoms with E-state index in [0.29, 0.717) is 11.2 Å². The summed E-state index contributed by atoms with van der Waals surface area (Å²) in [4.78, 5) is 14.4. The number of furan rings is 1. The maximum atomic E-state index is 12.5. The molecule has 1 amide bonds. The Hall–Kier alpha value is -1.29. The standard InChI is InChI=1S/C15H22N2O2/c1-12-4-5-13(19-12)14(18)17-9-3-7-15(11-17)6-2-8-16-10-15/h4-5,16H,2-3,6-11H2,1H3. The Labute approximate surface area is 114 Å². The molecule has 2 aliphatic heterocycles. The summed E-state index contributed by atoms with van der Waals surface area (Å²) in [5, 5.41) is 3.49. The molecule has 2 fully saturated rings. The molecule has 0 aliphatic carbocycles. The Balaban J connectivity index is 1.72. The number of likely N-dealkylation sites (tertiary alicyclic amines) is 1. The van der Waals surface area contributed by atoms with Crippen molar-refractivity contribution in [2.24, 2.45) is 5.41 Å². The summed E-state index contributed by atoms with van der Waals surface area (Å²) in [5.74, 6) is 1.34. The molecule has 1 atom stereocenters. The van der Waals surface area contributed by atoms with Crippen LogP contribution in [0, 0.1) is 12.3 Å². The van der Waals surface area contributed by atoms with E-state index < -0.39 is 0 Å². The lowest BCUT2D eigenvalue weighted by Crippen LogP contribution is -2.52. The fourth-order valence-electron chi connectivity index (χ4n) is 3.47. The predicted octanol–water partition coefficient (Wildman–Crippen LogP) is 2.19. The van der Waals surface area contributed by atoms with E-state index in [1.165, 1.54) is 19.3 Å². The topological polar surface area (TPSA) is 45.5 Å².